The SMILES string of the molecule is COC(=O)[C@@H]1C2CC([C@@]3(CCn4cc(C5CCCC5)nn4)C(=O)Nc4ccccc43)N(C#N)C[C@@H]2CC[C@@H]1O. The molecule has 0 radical (unpaired) electrons. The van der Waals surface area contributed by atoms with E-state index in [-0.39, 0.29) is 17.7 Å². The van der Waals surface area contributed by atoms with Crippen molar-refractivity contribution < 1.29 is 19.4 Å². The van der Waals surface area contributed by atoms with Crippen molar-refractivity contribution >= 4 is 17.6 Å². The van der Waals surface area contributed by atoms with Gasteiger partial charge in [0.25, 0.3) is 0 Å². The number of esters is 1. The van der Waals surface area contributed by atoms with Crippen LogP contribution in [0.25, 0.3) is 0 Å². The van der Waals surface area contributed by atoms with E-state index < -0.39 is 29.4 Å². The van der Waals surface area contributed by atoms with Gasteiger partial charge >= 0.3 is 5.97 Å². The molecular formula is C29H36N6O4. The Balaban J connectivity index is 1.36. The highest BCUT2D eigenvalue weighted by atomic mass is 16.5. The number of aliphatic hydroxyl groups is 1. The minimum atomic E-state index is -1.03. The molecule has 1 aromatic heterocycles. The van der Waals surface area contributed by atoms with E-state index in [1.807, 2.05) is 35.1 Å². The number of nitrogens with zero attached hydrogens (tertiary/aromatic N) is 5. The second-order valence-electron chi connectivity index (χ2n) is 11.7. The smallest absolute Gasteiger partial charge is 0.311 e. The molecule has 1 aromatic carbocycles. The maximum atomic E-state index is 14.0. The van der Waals surface area contributed by atoms with E-state index in [4.69, 9.17) is 4.74 Å². The van der Waals surface area contributed by atoms with Crippen LogP contribution in [0.4, 0.5) is 5.69 Å². The number of likely N-dealkylation sites (tertiary alicyclic amines) is 1. The number of nitriles is 1. The van der Waals surface area contributed by atoms with Crippen LogP contribution in [-0.4, -0.2) is 62.7 Å². The molecule has 10 heteroatoms. The third-order valence-electron chi connectivity index (χ3n) is 9.91. The predicted molar refractivity (Wildman–Crippen MR) is 141 cm³/mol. The number of amides is 1. The minimum absolute atomic E-state index is 0.0643. The van der Waals surface area contributed by atoms with E-state index in [0.29, 0.717) is 38.3 Å². The molecule has 0 bridgehead atoms. The van der Waals surface area contributed by atoms with Crippen molar-refractivity contribution in [3.05, 3.63) is 41.7 Å². The first-order chi connectivity index (χ1) is 19.0. The molecule has 39 heavy (non-hydrogen) atoms. The zero-order valence-electron chi connectivity index (χ0n) is 22.3. The first kappa shape index (κ1) is 25.8. The van der Waals surface area contributed by atoms with Gasteiger partial charge in [0.15, 0.2) is 6.19 Å². The van der Waals surface area contributed by atoms with Gasteiger partial charge in [-0.05, 0) is 62.0 Å². The standard InChI is InChI=1S/C29H36N6O4/c1-39-27(37)26-20-14-25(34(17-30)15-19(20)10-11-24(26)36)29(21-8-4-5-9-22(21)31-28(29)38)12-13-35-16-23(32-33-35)18-6-2-3-7-18/h4-5,8-9,16,18-20,24-26,36H,2-3,6-7,10-15H2,1H3,(H,31,38)/t19-,20?,24-,25?,26+,29-/m0/s1. The fraction of sp³-hybridized carbons (Fsp3) is 0.621. The van der Waals surface area contributed by atoms with Crippen LogP contribution in [0.5, 0.6) is 0 Å². The van der Waals surface area contributed by atoms with Gasteiger partial charge in [0, 0.05) is 30.9 Å². The highest BCUT2D eigenvalue weighted by molar-refractivity contribution is 6.07. The van der Waals surface area contributed by atoms with Crippen LogP contribution in [0, 0.1) is 29.2 Å². The van der Waals surface area contributed by atoms with E-state index >= 15 is 0 Å². The van der Waals surface area contributed by atoms with Crippen molar-refractivity contribution in [2.45, 2.75) is 81.4 Å². The van der Waals surface area contributed by atoms with Gasteiger partial charge in [-0.2, -0.15) is 5.26 Å². The maximum absolute atomic E-state index is 14.0. The quantitative estimate of drug-likeness (QED) is 0.429. The highest BCUT2D eigenvalue weighted by Crippen LogP contribution is 2.51. The Labute approximate surface area is 228 Å². The number of hydrogen-bond donors (Lipinski definition) is 2. The number of rotatable bonds is 6. The third-order valence-corrected chi connectivity index (χ3v) is 9.91. The van der Waals surface area contributed by atoms with Crippen LogP contribution < -0.4 is 5.32 Å². The maximum Gasteiger partial charge on any atom is 0.311 e. The molecule has 3 fully saturated rings. The number of para-hydroxylation sites is 1. The summed E-state index contributed by atoms with van der Waals surface area (Å²) in [6.45, 7) is 0.910. The molecule has 10 nitrogen and oxygen atoms in total. The third kappa shape index (κ3) is 4.27. The van der Waals surface area contributed by atoms with Gasteiger partial charge in [-0.3, -0.25) is 14.3 Å². The zero-order valence-corrected chi connectivity index (χ0v) is 22.3. The molecule has 2 aliphatic carbocycles. The zero-order chi connectivity index (χ0) is 27.1. The highest BCUT2D eigenvalue weighted by Gasteiger charge is 2.58. The molecule has 3 heterocycles. The van der Waals surface area contributed by atoms with Crippen LogP contribution in [0.2, 0.25) is 0 Å². The summed E-state index contributed by atoms with van der Waals surface area (Å²) in [6.07, 6.45) is 10.4. The summed E-state index contributed by atoms with van der Waals surface area (Å²) >= 11 is 0. The summed E-state index contributed by atoms with van der Waals surface area (Å²) in [5.74, 6) is -0.912. The number of anilines is 1. The Kier molecular flexibility index (Phi) is 6.79. The lowest BCUT2D eigenvalue weighted by Gasteiger charge is -2.52. The first-order valence-corrected chi connectivity index (χ1v) is 14.2. The summed E-state index contributed by atoms with van der Waals surface area (Å²) in [6, 6.07) is 7.19. The summed E-state index contributed by atoms with van der Waals surface area (Å²) in [7, 11) is 1.35. The number of piperidine rings is 1. The molecule has 2 N–H and O–H groups in total. The van der Waals surface area contributed by atoms with Crippen molar-refractivity contribution in [3.8, 4) is 6.19 Å². The molecule has 1 saturated heterocycles. The van der Waals surface area contributed by atoms with Crippen molar-refractivity contribution in [1.29, 1.82) is 5.26 Å². The number of carbonyl (C=O) groups is 2. The second kappa shape index (κ2) is 10.3. The number of carbonyl (C=O) groups excluding carboxylic acids is 2. The summed E-state index contributed by atoms with van der Waals surface area (Å²) in [4.78, 5) is 28.6. The molecule has 2 aliphatic heterocycles. The molecular weight excluding hydrogens is 496 g/mol. The Hall–Kier alpha value is -3.45. The lowest BCUT2D eigenvalue weighted by atomic mass is 9.60. The largest absolute Gasteiger partial charge is 0.469 e. The van der Waals surface area contributed by atoms with Crippen LogP contribution in [-0.2, 0) is 26.3 Å². The van der Waals surface area contributed by atoms with Crippen molar-refractivity contribution in [2.24, 2.45) is 17.8 Å². The number of nitrogens with one attached hydrogen (secondary N) is 1. The molecule has 1 amide bonds. The van der Waals surface area contributed by atoms with Gasteiger partial charge in [-0.1, -0.05) is 36.3 Å². The number of aryl methyl sites for hydroxylation is 1. The first-order valence-electron chi connectivity index (χ1n) is 14.2. The molecule has 6 rings (SSSR count). The molecule has 0 spiro atoms. The van der Waals surface area contributed by atoms with E-state index in [1.165, 1.54) is 20.0 Å². The Morgan fingerprint density at radius 2 is 2.05 bits per heavy atom. The van der Waals surface area contributed by atoms with Gasteiger partial charge in [-0.15, -0.1) is 5.10 Å². The molecule has 206 valence electrons. The molecule has 2 unspecified atom stereocenters. The molecule has 2 saturated carbocycles. The lowest BCUT2D eigenvalue weighted by molar-refractivity contribution is -0.160. The van der Waals surface area contributed by atoms with Crippen molar-refractivity contribution in [2.75, 3.05) is 19.0 Å². The van der Waals surface area contributed by atoms with Gasteiger partial charge in [-0.25, -0.2) is 0 Å². The van der Waals surface area contributed by atoms with E-state index in [9.17, 15) is 20.0 Å². The van der Waals surface area contributed by atoms with E-state index in [2.05, 4.69) is 21.8 Å². The number of fused-ring (bicyclic) bond motifs is 2. The van der Waals surface area contributed by atoms with Crippen LogP contribution >= 0.6 is 0 Å². The molecule has 6 atom stereocenters. The predicted octanol–water partition coefficient (Wildman–Crippen LogP) is 2.95. The van der Waals surface area contributed by atoms with Crippen LogP contribution in [0.1, 0.15) is 68.5 Å². The van der Waals surface area contributed by atoms with Gasteiger partial charge in [0.1, 0.15) is 0 Å². The fourth-order valence-corrected chi connectivity index (χ4v) is 7.94. The number of aliphatic hydroxyl groups excluding tert-OH is 1. The number of hydrogen-bond acceptors (Lipinski definition) is 8. The monoisotopic (exact) mass is 532 g/mol. The summed E-state index contributed by atoms with van der Waals surface area (Å²) in [5.41, 5.74) is 1.59. The van der Waals surface area contributed by atoms with E-state index in [0.717, 1.165) is 36.2 Å². The Morgan fingerprint density at radius 3 is 2.82 bits per heavy atom. The normalized spacial score (nSPS) is 32.3. The van der Waals surface area contributed by atoms with E-state index in [1.54, 1.807) is 4.90 Å². The van der Waals surface area contributed by atoms with Crippen LogP contribution in [0.15, 0.2) is 30.5 Å². The topological polar surface area (TPSA) is 133 Å². The minimum Gasteiger partial charge on any atom is -0.469 e. The second-order valence-corrected chi connectivity index (χ2v) is 11.7. The lowest BCUT2D eigenvalue weighted by Crippen LogP contribution is -2.61. The molecule has 2 aromatic rings. The van der Waals surface area contributed by atoms with Gasteiger partial charge in [0.05, 0.1) is 36.3 Å². The van der Waals surface area contributed by atoms with Gasteiger partial charge < -0.3 is 20.1 Å². The average molecular weight is 533 g/mol. The average Bonchev–Trinajstić information content (AvgIpc) is 3.70. The van der Waals surface area contributed by atoms with Crippen molar-refractivity contribution in [1.82, 2.24) is 19.9 Å². The number of ether oxygens (including phenoxy) is 1. The Bertz CT molecular complexity index is 1280. The fourth-order valence-electron chi connectivity index (χ4n) is 7.94. The molecule has 4 aliphatic rings. The number of benzene rings is 1. The Morgan fingerprint density at radius 1 is 1.26 bits per heavy atom. The summed E-state index contributed by atoms with van der Waals surface area (Å²) in [5, 5.41) is 33.1. The number of methoxy groups -OCH3 is 1. The van der Waals surface area contributed by atoms with Gasteiger partial charge in [0.2, 0.25) is 5.91 Å². The van der Waals surface area contributed by atoms with Crippen molar-refractivity contribution in [3.63, 3.8) is 0 Å². The van der Waals surface area contributed by atoms with Crippen LogP contribution in [0.3, 0.4) is 0 Å². The number of aromatic nitrogens is 3. The summed E-state index contributed by atoms with van der Waals surface area (Å²) < 4.78 is 6.93.